The van der Waals surface area contributed by atoms with E-state index in [0.717, 1.165) is 19.4 Å². The van der Waals surface area contributed by atoms with Crippen molar-refractivity contribution in [2.45, 2.75) is 25.8 Å². The van der Waals surface area contributed by atoms with Crippen molar-refractivity contribution in [2.75, 3.05) is 18.0 Å². The van der Waals surface area contributed by atoms with E-state index >= 15 is 0 Å². The maximum atomic E-state index is 12.2. The molecule has 136 valence electrons. The molecule has 0 saturated carbocycles. The lowest BCUT2D eigenvalue weighted by molar-refractivity contribution is -0.122. The Kier molecular flexibility index (Phi) is 4.38. The number of aromatic nitrogens is 5. The van der Waals surface area contributed by atoms with Crippen LogP contribution < -0.4 is 15.9 Å². The summed E-state index contributed by atoms with van der Waals surface area (Å²) in [5, 5.41) is 8.81. The Hall–Kier alpha value is -3.17. The minimum Gasteiger partial charge on any atom is -0.422 e. The highest BCUT2D eigenvalue weighted by Gasteiger charge is 2.25. The lowest BCUT2D eigenvalue weighted by atomic mass is 9.95. The molecule has 1 saturated heterocycles. The van der Waals surface area contributed by atoms with Gasteiger partial charge in [0.15, 0.2) is 5.58 Å². The van der Waals surface area contributed by atoms with Gasteiger partial charge in [-0.25, -0.2) is 14.9 Å². The summed E-state index contributed by atoms with van der Waals surface area (Å²) in [5.74, 6) is 0.553. The monoisotopic (exact) mass is 357 g/mol. The highest BCUT2D eigenvalue weighted by Crippen LogP contribution is 2.26. The van der Waals surface area contributed by atoms with Gasteiger partial charge in [-0.3, -0.25) is 9.78 Å². The van der Waals surface area contributed by atoms with E-state index in [1.54, 1.807) is 6.20 Å². The Bertz CT molecular complexity index is 927. The molecule has 1 aliphatic rings. The molecule has 1 fully saturated rings. The molecule has 1 amide bonds. The number of anilines is 1. The smallest absolute Gasteiger partial charge is 0.340 e. The zero-order chi connectivity index (χ0) is 17.9. The number of hydrogen-bond acceptors (Lipinski definition) is 7. The first-order valence-corrected chi connectivity index (χ1v) is 8.54. The van der Waals surface area contributed by atoms with Crippen LogP contribution in [0, 0.1) is 5.92 Å². The number of amides is 1. The summed E-state index contributed by atoms with van der Waals surface area (Å²) in [6.45, 7) is 1.75. The van der Waals surface area contributed by atoms with E-state index in [9.17, 15) is 9.59 Å². The largest absolute Gasteiger partial charge is 0.422 e. The Morgan fingerprint density at radius 1 is 1.46 bits per heavy atom. The van der Waals surface area contributed by atoms with Crippen LogP contribution in [0.25, 0.3) is 11.2 Å². The van der Waals surface area contributed by atoms with Gasteiger partial charge in [0.25, 0.3) is 6.01 Å². The van der Waals surface area contributed by atoms with Gasteiger partial charge in [-0.05, 0) is 30.9 Å². The predicted molar refractivity (Wildman–Crippen MR) is 92.4 cm³/mol. The van der Waals surface area contributed by atoms with Crippen LogP contribution in [-0.2, 0) is 11.3 Å². The van der Waals surface area contributed by atoms with Gasteiger partial charge in [0, 0.05) is 25.7 Å². The van der Waals surface area contributed by atoms with Crippen molar-refractivity contribution in [3.63, 3.8) is 0 Å². The summed E-state index contributed by atoms with van der Waals surface area (Å²) in [4.78, 5) is 36.3. The number of carbonyl (C=O) groups is 1. The number of H-pyrrole nitrogens is 2. The van der Waals surface area contributed by atoms with E-state index in [0.29, 0.717) is 36.0 Å². The number of rotatable bonds is 5. The summed E-state index contributed by atoms with van der Waals surface area (Å²) in [6, 6.07) is 4.21. The van der Waals surface area contributed by atoms with Gasteiger partial charge in [0.05, 0.1) is 6.54 Å². The molecule has 1 aliphatic heterocycles. The third kappa shape index (κ3) is 3.58. The summed E-state index contributed by atoms with van der Waals surface area (Å²) in [7, 11) is 0. The van der Waals surface area contributed by atoms with E-state index in [-0.39, 0.29) is 24.1 Å². The summed E-state index contributed by atoms with van der Waals surface area (Å²) in [5.41, 5.74) is 0.871. The van der Waals surface area contributed by atoms with Crippen LogP contribution in [0.15, 0.2) is 27.5 Å². The Morgan fingerprint density at radius 3 is 3.19 bits per heavy atom. The molecule has 3 N–H and O–H groups in total. The van der Waals surface area contributed by atoms with Crippen molar-refractivity contribution in [3.05, 3.63) is 34.6 Å². The maximum Gasteiger partial charge on any atom is 0.340 e. The molecule has 0 spiro atoms. The first kappa shape index (κ1) is 16.3. The van der Waals surface area contributed by atoms with E-state index in [1.165, 1.54) is 0 Å². The van der Waals surface area contributed by atoms with Crippen molar-refractivity contribution >= 4 is 23.2 Å². The molecular formula is C16H19N7O3. The number of pyridine rings is 1. The number of aromatic amines is 2. The number of fused-ring (bicyclic) bond motifs is 1. The second kappa shape index (κ2) is 6.98. The van der Waals surface area contributed by atoms with Gasteiger partial charge in [-0.2, -0.15) is 10.1 Å². The standard InChI is InChI=1S/C16H19N7O3/c24-13(18-8-12-19-15(25)22-21-12)7-10-3-2-6-23(9-10)16-20-14-11(26-16)4-1-5-17-14/h1,4-5,10H,2-3,6-9H2,(H,18,24)(H2,19,21,22,25). The molecule has 1 atom stereocenters. The van der Waals surface area contributed by atoms with Crippen LogP contribution in [0.3, 0.4) is 0 Å². The number of carbonyl (C=O) groups excluding carboxylic acids is 1. The summed E-state index contributed by atoms with van der Waals surface area (Å²) in [6.07, 6.45) is 4.03. The predicted octanol–water partition coefficient (Wildman–Crippen LogP) is 0.557. The van der Waals surface area contributed by atoms with Crippen LogP contribution in [0.1, 0.15) is 25.1 Å². The minimum atomic E-state index is -0.384. The number of nitrogens with zero attached hydrogens (tertiary/aromatic N) is 4. The highest BCUT2D eigenvalue weighted by atomic mass is 16.4. The van der Waals surface area contributed by atoms with Gasteiger partial charge in [0.2, 0.25) is 11.6 Å². The quantitative estimate of drug-likeness (QED) is 0.607. The van der Waals surface area contributed by atoms with Crippen molar-refractivity contribution in [1.29, 1.82) is 0 Å². The molecule has 0 aromatic carbocycles. The Balaban J connectivity index is 1.34. The highest BCUT2D eigenvalue weighted by molar-refractivity contribution is 5.76. The molecule has 1 unspecified atom stereocenters. The molecule has 26 heavy (non-hydrogen) atoms. The molecule has 0 bridgehead atoms. The van der Waals surface area contributed by atoms with Crippen LogP contribution >= 0.6 is 0 Å². The van der Waals surface area contributed by atoms with Crippen LogP contribution in [0.2, 0.25) is 0 Å². The van der Waals surface area contributed by atoms with Crippen LogP contribution in [-0.4, -0.2) is 44.1 Å². The number of hydrogen-bond donors (Lipinski definition) is 3. The fourth-order valence-electron chi connectivity index (χ4n) is 3.20. The second-order valence-electron chi connectivity index (χ2n) is 6.38. The second-order valence-corrected chi connectivity index (χ2v) is 6.38. The fourth-order valence-corrected chi connectivity index (χ4v) is 3.20. The number of nitrogens with one attached hydrogen (secondary N) is 3. The molecule has 3 aromatic rings. The number of oxazole rings is 1. The minimum absolute atomic E-state index is 0.0695. The SMILES string of the molecule is O=C(CC1CCCN(c2nc3ncccc3o2)C1)NCc1n[nH]c(=O)[nH]1. The lowest BCUT2D eigenvalue weighted by Gasteiger charge is -2.31. The van der Waals surface area contributed by atoms with Gasteiger partial charge >= 0.3 is 5.69 Å². The summed E-state index contributed by atoms with van der Waals surface area (Å²) < 4.78 is 5.77. The molecule has 0 aliphatic carbocycles. The third-order valence-corrected chi connectivity index (χ3v) is 4.42. The van der Waals surface area contributed by atoms with E-state index in [1.807, 2.05) is 12.1 Å². The van der Waals surface area contributed by atoms with E-state index in [2.05, 4.69) is 35.4 Å². The molecular weight excluding hydrogens is 338 g/mol. The average Bonchev–Trinajstić information content (AvgIpc) is 3.26. The Morgan fingerprint density at radius 2 is 2.38 bits per heavy atom. The zero-order valence-electron chi connectivity index (χ0n) is 14.1. The molecule has 0 radical (unpaired) electrons. The normalized spacial score (nSPS) is 17.5. The van der Waals surface area contributed by atoms with Crippen molar-refractivity contribution in [1.82, 2.24) is 30.5 Å². The zero-order valence-corrected chi connectivity index (χ0v) is 14.1. The van der Waals surface area contributed by atoms with Crippen molar-refractivity contribution in [2.24, 2.45) is 5.92 Å². The topological polar surface area (TPSA) is 133 Å². The molecule has 4 rings (SSSR count). The van der Waals surface area contributed by atoms with Crippen molar-refractivity contribution in [3.8, 4) is 0 Å². The third-order valence-electron chi connectivity index (χ3n) is 4.42. The van der Waals surface area contributed by atoms with Gasteiger partial charge in [-0.1, -0.05) is 0 Å². The Labute approximate surface area is 148 Å². The van der Waals surface area contributed by atoms with Gasteiger partial charge in [-0.15, -0.1) is 0 Å². The molecule has 3 aromatic heterocycles. The van der Waals surface area contributed by atoms with Gasteiger partial charge in [0.1, 0.15) is 5.82 Å². The van der Waals surface area contributed by atoms with Gasteiger partial charge < -0.3 is 14.6 Å². The van der Waals surface area contributed by atoms with E-state index in [4.69, 9.17) is 4.42 Å². The molecule has 4 heterocycles. The lowest BCUT2D eigenvalue weighted by Crippen LogP contribution is -2.38. The first-order chi connectivity index (χ1) is 12.7. The molecule has 10 nitrogen and oxygen atoms in total. The molecule has 10 heteroatoms. The van der Waals surface area contributed by atoms with E-state index < -0.39 is 0 Å². The fraction of sp³-hybridized carbons (Fsp3) is 0.438. The summed E-state index contributed by atoms with van der Waals surface area (Å²) >= 11 is 0. The maximum absolute atomic E-state index is 12.2. The van der Waals surface area contributed by atoms with Crippen LogP contribution in [0.4, 0.5) is 6.01 Å². The number of piperidine rings is 1. The van der Waals surface area contributed by atoms with Crippen molar-refractivity contribution < 1.29 is 9.21 Å². The first-order valence-electron chi connectivity index (χ1n) is 8.54. The van der Waals surface area contributed by atoms with Crippen LogP contribution in [0.5, 0.6) is 0 Å². The average molecular weight is 357 g/mol.